The van der Waals surface area contributed by atoms with E-state index in [2.05, 4.69) is 33.2 Å². The van der Waals surface area contributed by atoms with Crippen LogP contribution in [0.3, 0.4) is 0 Å². The van der Waals surface area contributed by atoms with E-state index in [1.165, 1.54) is 0 Å². The molecule has 2 aliphatic rings. The van der Waals surface area contributed by atoms with Crippen LogP contribution in [0.15, 0.2) is 34.9 Å². The lowest BCUT2D eigenvalue weighted by Crippen LogP contribution is -2.44. The number of aromatic nitrogens is 3. The standard InChI is InChI=1S/C23H29N5O3/c1-27-15-23(12-19(27)22-26-25-20(31-22)14-30-2)7-9-28(10-8-23)21(29)11-16-13-24-18-6-4-3-5-17(16)18/h3-6,13,19,24H,7-12,14-15H2,1-2H3. The van der Waals surface area contributed by atoms with Crippen molar-refractivity contribution in [2.24, 2.45) is 5.41 Å². The number of nitrogens with one attached hydrogen (secondary N) is 1. The lowest BCUT2D eigenvalue weighted by molar-refractivity contribution is -0.132. The number of hydrogen-bond acceptors (Lipinski definition) is 6. The molecule has 1 amide bonds. The minimum atomic E-state index is 0.131. The molecule has 0 bridgehead atoms. The molecule has 1 spiro atoms. The topological polar surface area (TPSA) is 87.5 Å². The number of fused-ring (bicyclic) bond motifs is 1. The molecule has 5 rings (SSSR count). The van der Waals surface area contributed by atoms with Crippen molar-refractivity contribution in [3.05, 3.63) is 47.8 Å². The molecule has 2 aromatic heterocycles. The summed E-state index contributed by atoms with van der Waals surface area (Å²) in [5, 5.41) is 9.47. The molecule has 1 unspecified atom stereocenters. The number of likely N-dealkylation sites (tertiary alicyclic amines) is 2. The Balaban J connectivity index is 1.21. The second-order valence-electron chi connectivity index (χ2n) is 9.02. The van der Waals surface area contributed by atoms with E-state index in [-0.39, 0.29) is 17.4 Å². The van der Waals surface area contributed by atoms with Crippen molar-refractivity contribution in [1.82, 2.24) is 25.0 Å². The Labute approximate surface area is 181 Å². The molecule has 3 aromatic rings. The average Bonchev–Trinajstić information content (AvgIpc) is 3.47. The number of hydrogen-bond donors (Lipinski definition) is 1. The zero-order chi connectivity index (χ0) is 21.4. The molecule has 0 radical (unpaired) electrons. The van der Waals surface area contributed by atoms with Crippen LogP contribution in [0, 0.1) is 5.41 Å². The van der Waals surface area contributed by atoms with Gasteiger partial charge in [-0.3, -0.25) is 9.69 Å². The van der Waals surface area contributed by atoms with Crippen LogP contribution in [0.25, 0.3) is 10.9 Å². The summed E-state index contributed by atoms with van der Waals surface area (Å²) in [4.78, 5) is 20.6. The summed E-state index contributed by atoms with van der Waals surface area (Å²) in [7, 11) is 3.74. The van der Waals surface area contributed by atoms with Crippen molar-refractivity contribution in [3.63, 3.8) is 0 Å². The minimum absolute atomic E-state index is 0.131. The molecule has 1 aromatic carbocycles. The zero-order valence-corrected chi connectivity index (χ0v) is 18.1. The Hall–Kier alpha value is -2.71. The highest BCUT2D eigenvalue weighted by molar-refractivity contribution is 5.88. The number of ether oxygens (including phenoxy) is 1. The first-order chi connectivity index (χ1) is 15.1. The first kappa shape index (κ1) is 20.2. The van der Waals surface area contributed by atoms with E-state index in [0.717, 1.165) is 55.4 Å². The second-order valence-corrected chi connectivity index (χ2v) is 9.02. The predicted molar refractivity (Wildman–Crippen MR) is 115 cm³/mol. The highest BCUT2D eigenvalue weighted by Gasteiger charge is 2.46. The summed E-state index contributed by atoms with van der Waals surface area (Å²) < 4.78 is 10.9. The number of carbonyl (C=O) groups excluding carboxylic acids is 1. The third kappa shape index (κ3) is 3.85. The summed E-state index contributed by atoms with van der Waals surface area (Å²) in [5.74, 6) is 1.40. The predicted octanol–water partition coefficient (Wildman–Crippen LogP) is 2.93. The van der Waals surface area contributed by atoms with Gasteiger partial charge in [0.1, 0.15) is 6.61 Å². The largest absolute Gasteiger partial charge is 0.421 e. The minimum Gasteiger partial charge on any atom is -0.421 e. The number of piperidine rings is 1. The van der Waals surface area contributed by atoms with Gasteiger partial charge < -0.3 is 19.0 Å². The number of methoxy groups -OCH3 is 1. The summed E-state index contributed by atoms with van der Waals surface area (Å²) >= 11 is 0. The first-order valence-electron chi connectivity index (χ1n) is 10.9. The lowest BCUT2D eigenvalue weighted by atomic mass is 9.76. The second kappa shape index (κ2) is 8.09. The Morgan fingerprint density at radius 3 is 2.90 bits per heavy atom. The molecule has 8 nitrogen and oxygen atoms in total. The monoisotopic (exact) mass is 423 g/mol. The summed E-state index contributed by atoms with van der Waals surface area (Å²) in [6.07, 6.45) is 5.41. The maximum atomic E-state index is 13.0. The third-order valence-electron chi connectivity index (χ3n) is 6.97. The van der Waals surface area contributed by atoms with E-state index in [0.29, 0.717) is 24.8 Å². The van der Waals surface area contributed by atoms with Gasteiger partial charge in [0, 0.05) is 43.8 Å². The smallest absolute Gasteiger partial charge is 0.242 e. The van der Waals surface area contributed by atoms with Gasteiger partial charge in [-0.05, 0) is 43.4 Å². The molecule has 0 aliphatic carbocycles. The van der Waals surface area contributed by atoms with Crippen LogP contribution < -0.4 is 0 Å². The van der Waals surface area contributed by atoms with Gasteiger partial charge in [-0.2, -0.15) is 0 Å². The summed E-state index contributed by atoms with van der Waals surface area (Å²) in [6.45, 7) is 2.94. The molecule has 4 heterocycles. The normalized spacial score (nSPS) is 21.4. The van der Waals surface area contributed by atoms with Gasteiger partial charge in [0.05, 0.1) is 12.5 Å². The number of rotatable bonds is 5. The van der Waals surface area contributed by atoms with Crippen LogP contribution in [-0.2, 0) is 22.6 Å². The van der Waals surface area contributed by atoms with Crippen LogP contribution in [0.1, 0.15) is 42.6 Å². The van der Waals surface area contributed by atoms with Crippen molar-refractivity contribution in [2.75, 3.05) is 33.8 Å². The fourth-order valence-corrected chi connectivity index (χ4v) is 5.27. The van der Waals surface area contributed by atoms with Gasteiger partial charge in [-0.1, -0.05) is 18.2 Å². The van der Waals surface area contributed by atoms with Gasteiger partial charge >= 0.3 is 0 Å². The fraction of sp³-hybridized carbons (Fsp3) is 0.522. The molecule has 31 heavy (non-hydrogen) atoms. The number of amides is 1. The average molecular weight is 424 g/mol. The van der Waals surface area contributed by atoms with Gasteiger partial charge in [0.2, 0.25) is 17.7 Å². The SMILES string of the molecule is COCc1nnc(C2CC3(CCN(C(=O)Cc4c[nH]c5ccccc45)CC3)CN2C)o1. The van der Waals surface area contributed by atoms with Gasteiger partial charge in [0.25, 0.3) is 0 Å². The van der Waals surface area contributed by atoms with Crippen molar-refractivity contribution >= 4 is 16.8 Å². The number of H-pyrrole nitrogens is 1. The maximum absolute atomic E-state index is 13.0. The highest BCUT2D eigenvalue weighted by atomic mass is 16.5. The maximum Gasteiger partial charge on any atom is 0.242 e. The van der Waals surface area contributed by atoms with E-state index < -0.39 is 0 Å². The Bertz CT molecular complexity index is 1070. The molecule has 2 saturated heterocycles. The quantitative estimate of drug-likeness (QED) is 0.679. The number of carbonyl (C=O) groups is 1. The van der Waals surface area contributed by atoms with E-state index >= 15 is 0 Å². The zero-order valence-electron chi connectivity index (χ0n) is 18.1. The van der Waals surface area contributed by atoms with Crippen LogP contribution in [-0.4, -0.2) is 64.7 Å². The van der Waals surface area contributed by atoms with Crippen LogP contribution in [0.2, 0.25) is 0 Å². The molecule has 164 valence electrons. The summed E-state index contributed by atoms with van der Waals surface area (Å²) in [5.41, 5.74) is 2.36. The van der Waals surface area contributed by atoms with Crippen molar-refractivity contribution in [2.45, 2.75) is 38.3 Å². The Morgan fingerprint density at radius 1 is 1.29 bits per heavy atom. The molecular weight excluding hydrogens is 394 g/mol. The Kier molecular flexibility index (Phi) is 5.27. The van der Waals surface area contributed by atoms with Gasteiger partial charge in [-0.25, -0.2) is 0 Å². The van der Waals surface area contributed by atoms with Crippen molar-refractivity contribution < 1.29 is 13.9 Å². The number of para-hydroxylation sites is 1. The first-order valence-corrected chi connectivity index (χ1v) is 10.9. The number of benzene rings is 1. The van der Waals surface area contributed by atoms with Gasteiger partial charge in [-0.15, -0.1) is 10.2 Å². The molecule has 1 N–H and O–H groups in total. The molecule has 2 aliphatic heterocycles. The molecule has 8 heteroatoms. The molecular formula is C23H29N5O3. The fourth-order valence-electron chi connectivity index (χ4n) is 5.27. The molecule has 2 fully saturated rings. The van der Waals surface area contributed by atoms with E-state index in [9.17, 15) is 4.79 Å². The number of aromatic amines is 1. The Morgan fingerprint density at radius 2 is 2.10 bits per heavy atom. The van der Waals surface area contributed by atoms with Gasteiger partial charge in [0.15, 0.2) is 0 Å². The lowest BCUT2D eigenvalue weighted by Gasteiger charge is -2.39. The molecule has 0 saturated carbocycles. The van der Waals surface area contributed by atoms with E-state index in [1.807, 2.05) is 29.3 Å². The molecule has 1 atom stereocenters. The van der Waals surface area contributed by atoms with Crippen molar-refractivity contribution in [3.8, 4) is 0 Å². The number of nitrogens with zero attached hydrogens (tertiary/aromatic N) is 4. The van der Waals surface area contributed by atoms with E-state index in [4.69, 9.17) is 9.15 Å². The van der Waals surface area contributed by atoms with E-state index in [1.54, 1.807) is 7.11 Å². The van der Waals surface area contributed by atoms with Crippen LogP contribution >= 0.6 is 0 Å². The third-order valence-corrected chi connectivity index (χ3v) is 6.97. The van der Waals surface area contributed by atoms with Crippen LogP contribution in [0.4, 0.5) is 0 Å². The van der Waals surface area contributed by atoms with Crippen molar-refractivity contribution in [1.29, 1.82) is 0 Å². The highest BCUT2D eigenvalue weighted by Crippen LogP contribution is 2.48. The van der Waals surface area contributed by atoms with Crippen LogP contribution in [0.5, 0.6) is 0 Å². The summed E-state index contributed by atoms with van der Waals surface area (Å²) in [6, 6.07) is 8.27.